The van der Waals surface area contributed by atoms with Crippen molar-refractivity contribution in [2.24, 2.45) is 0 Å². The van der Waals surface area contributed by atoms with E-state index in [4.69, 9.17) is 10.5 Å². The maximum Gasteiger partial charge on any atom is 0.341 e. The van der Waals surface area contributed by atoms with E-state index < -0.39 is 0 Å². The maximum absolute atomic E-state index is 12.0. The van der Waals surface area contributed by atoms with Crippen LogP contribution in [-0.2, 0) is 33.7 Å². The van der Waals surface area contributed by atoms with Gasteiger partial charge in [0.1, 0.15) is 6.61 Å². The first-order chi connectivity index (χ1) is 11.4. The molecule has 130 valence electrons. The van der Waals surface area contributed by atoms with Crippen molar-refractivity contribution in [1.29, 1.82) is 0 Å². The van der Waals surface area contributed by atoms with Crippen molar-refractivity contribution in [1.82, 2.24) is 0 Å². The molecule has 5 heteroatoms. The lowest BCUT2D eigenvalue weighted by Gasteiger charge is -2.17. The summed E-state index contributed by atoms with van der Waals surface area (Å²) < 4.78 is 9.82. The molecule has 0 bridgehead atoms. The normalized spacial score (nSPS) is 13.7. The Balaban J connectivity index is 2.30. The number of nitrogen functional groups attached to an aromatic ring is 1. The van der Waals surface area contributed by atoms with Gasteiger partial charge in [0.25, 0.3) is 0 Å². The molecule has 1 heterocycles. The molecule has 1 aliphatic heterocycles. The zero-order valence-electron chi connectivity index (χ0n) is 14.8. The Morgan fingerprint density at radius 1 is 1.33 bits per heavy atom. The van der Waals surface area contributed by atoms with Crippen molar-refractivity contribution in [3.8, 4) is 0 Å². The van der Waals surface area contributed by atoms with E-state index in [1.54, 1.807) is 0 Å². The molecule has 0 aromatic heterocycles. The number of ether oxygens (including phenoxy) is 2. The van der Waals surface area contributed by atoms with Gasteiger partial charge < -0.3 is 15.2 Å². The summed E-state index contributed by atoms with van der Waals surface area (Å²) in [5.74, 6) is -0.548. The summed E-state index contributed by atoms with van der Waals surface area (Å²) in [5, 5.41) is 0. The maximum atomic E-state index is 12.0. The van der Waals surface area contributed by atoms with Gasteiger partial charge in [0.15, 0.2) is 0 Å². The predicted molar refractivity (Wildman–Crippen MR) is 92.8 cm³/mol. The highest BCUT2D eigenvalue weighted by molar-refractivity contribution is 6.00. The second-order valence-electron chi connectivity index (χ2n) is 6.11. The third-order valence-electron chi connectivity index (χ3n) is 4.68. The van der Waals surface area contributed by atoms with Gasteiger partial charge in [-0.15, -0.1) is 0 Å². The summed E-state index contributed by atoms with van der Waals surface area (Å²) in [6.45, 7) is 6.41. The van der Waals surface area contributed by atoms with Crippen molar-refractivity contribution >= 4 is 17.6 Å². The molecule has 24 heavy (non-hydrogen) atoms. The largest absolute Gasteiger partial charge is 0.469 e. The molecule has 0 spiro atoms. The van der Waals surface area contributed by atoms with Gasteiger partial charge in [-0.2, -0.15) is 0 Å². The van der Waals surface area contributed by atoms with E-state index in [2.05, 4.69) is 17.7 Å². The van der Waals surface area contributed by atoms with E-state index in [1.165, 1.54) is 12.7 Å². The molecule has 0 atom stereocenters. The second kappa shape index (κ2) is 7.51. The fourth-order valence-corrected chi connectivity index (χ4v) is 3.19. The molecular formula is C19H25NO4. The molecule has 0 fully saturated rings. The fraction of sp³-hybridized carbons (Fsp3) is 0.474. The minimum atomic E-state index is -0.333. The van der Waals surface area contributed by atoms with Crippen molar-refractivity contribution in [3.63, 3.8) is 0 Å². The molecule has 0 saturated carbocycles. The van der Waals surface area contributed by atoms with Crippen LogP contribution in [0, 0.1) is 6.92 Å². The number of carbonyl (C=O) groups is 2. The average Bonchev–Trinajstić information content (AvgIpc) is 2.96. The first-order valence-corrected chi connectivity index (χ1v) is 8.22. The minimum absolute atomic E-state index is 0.215. The van der Waals surface area contributed by atoms with Gasteiger partial charge in [0.2, 0.25) is 0 Å². The van der Waals surface area contributed by atoms with Gasteiger partial charge in [-0.25, -0.2) is 4.79 Å². The Morgan fingerprint density at radius 3 is 2.67 bits per heavy atom. The van der Waals surface area contributed by atoms with Crippen LogP contribution in [0.3, 0.4) is 0 Å². The molecule has 0 radical (unpaired) electrons. The number of nitrogens with two attached hydrogens (primary N) is 1. The van der Waals surface area contributed by atoms with Crippen LogP contribution in [0.4, 0.5) is 5.69 Å². The monoisotopic (exact) mass is 331 g/mol. The Labute approximate surface area is 142 Å². The molecule has 1 aliphatic rings. The summed E-state index contributed by atoms with van der Waals surface area (Å²) in [7, 11) is 1.39. The quantitative estimate of drug-likeness (QED) is 0.492. The van der Waals surface area contributed by atoms with Gasteiger partial charge in [-0.1, -0.05) is 18.6 Å². The Hall–Kier alpha value is -2.30. The van der Waals surface area contributed by atoms with Crippen LogP contribution >= 0.6 is 0 Å². The van der Waals surface area contributed by atoms with E-state index in [0.29, 0.717) is 37.1 Å². The number of allylic oxidation sites excluding steroid dienone is 2. The number of hydrogen-bond donors (Lipinski definition) is 1. The standard InChI is InChI=1S/C19H25NO4/c1-5-13-12(3)15-10-24-19(22)17(15)18(20)14(13)8-6-11(2)7-9-16(21)23-4/h6H,5,7-10,20H2,1-4H3. The van der Waals surface area contributed by atoms with Gasteiger partial charge >= 0.3 is 11.9 Å². The highest BCUT2D eigenvalue weighted by Crippen LogP contribution is 2.35. The zero-order valence-corrected chi connectivity index (χ0v) is 14.8. The molecule has 5 nitrogen and oxygen atoms in total. The summed E-state index contributed by atoms with van der Waals surface area (Å²) in [4.78, 5) is 23.2. The molecule has 2 N–H and O–H groups in total. The van der Waals surface area contributed by atoms with Crippen LogP contribution < -0.4 is 5.73 Å². The van der Waals surface area contributed by atoms with Crippen molar-refractivity contribution < 1.29 is 19.1 Å². The van der Waals surface area contributed by atoms with E-state index in [1.807, 2.05) is 13.8 Å². The highest BCUT2D eigenvalue weighted by atomic mass is 16.5. The fourth-order valence-electron chi connectivity index (χ4n) is 3.19. The number of esters is 2. The third kappa shape index (κ3) is 3.45. The van der Waals surface area contributed by atoms with Crippen molar-refractivity contribution in [2.45, 2.75) is 53.1 Å². The van der Waals surface area contributed by atoms with E-state index in [-0.39, 0.29) is 11.9 Å². The van der Waals surface area contributed by atoms with Crippen LogP contribution in [0.2, 0.25) is 0 Å². The van der Waals surface area contributed by atoms with E-state index in [9.17, 15) is 9.59 Å². The van der Waals surface area contributed by atoms with Crippen LogP contribution in [-0.4, -0.2) is 19.0 Å². The Morgan fingerprint density at radius 2 is 2.04 bits per heavy atom. The molecule has 0 saturated heterocycles. The number of hydrogen-bond acceptors (Lipinski definition) is 5. The number of benzene rings is 1. The lowest BCUT2D eigenvalue weighted by Crippen LogP contribution is -2.09. The van der Waals surface area contributed by atoms with Crippen LogP contribution in [0.15, 0.2) is 11.6 Å². The summed E-state index contributed by atoms with van der Waals surface area (Å²) in [5.41, 5.74) is 12.7. The summed E-state index contributed by atoms with van der Waals surface area (Å²) in [6.07, 6.45) is 4.58. The number of rotatable bonds is 6. The van der Waals surface area contributed by atoms with Gasteiger partial charge in [0.05, 0.1) is 18.4 Å². The Bertz CT molecular complexity index is 704. The molecular weight excluding hydrogens is 306 g/mol. The third-order valence-corrected chi connectivity index (χ3v) is 4.68. The van der Waals surface area contributed by atoms with E-state index in [0.717, 1.165) is 28.7 Å². The molecule has 0 amide bonds. The van der Waals surface area contributed by atoms with Gasteiger partial charge in [-0.3, -0.25) is 4.79 Å². The van der Waals surface area contributed by atoms with E-state index >= 15 is 0 Å². The molecule has 2 rings (SSSR count). The number of anilines is 1. The topological polar surface area (TPSA) is 78.6 Å². The van der Waals surface area contributed by atoms with Crippen molar-refractivity contribution in [2.75, 3.05) is 12.8 Å². The van der Waals surface area contributed by atoms with Gasteiger partial charge in [-0.05, 0) is 49.8 Å². The van der Waals surface area contributed by atoms with Crippen molar-refractivity contribution in [3.05, 3.63) is 39.5 Å². The summed E-state index contributed by atoms with van der Waals surface area (Å²) >= 11 is 0. The van der Waals surface area contributed by atoms with Crippen LogP contribution in [0.25, 0.3) is 0 Å². The zero-order chi connectivity index (χ0) is 17.9. The molecule has 0 aliphatic carbocycles. The van der Waals surface area contributed by atoms with Crippen LogP contribution in [0.1, 0.15) is 59.3 Å². The molecule has 0 unspecified atom stereocenters. The lowest BCUT2D eigenvalue weighted by molar-refractivity contribution is -0.140. The number of fused-ring (bicyclic) bond motifs is 1. The first kappa shape index (κ1) is 18.0. The molecule has 1 aromatic carbocycles. The van der Waals surface area contributed by atoms with Gasteiger partial charge in [0, 0.05) is 12.0 Å². The molecule has 1 aromatic rings. The average molecular weight is 331 g/mol. The predicted octanol–water partition coefficient (Wildman–Crippen LogP) is 3.25. The Kier molecular flexibility index (Phi) is 5.65. The lowest BCUT2D eigenvalue weighted by atomic mass is 9.88. The highest BCUT2D eigenvalue weighted by Gasteiger charge is 2.29. The first-order valence-electron chi connectivity index (χ1n) is 8.22. The number of carbonyl (C=O) groups excluding carboxylic acids is 2. The smallest absolute Gasteiger partial charge is 0.341 e. The number of methoxy groups -OCH3 is 1. The summed E-state index contributed by atoms with van der Waals surface area (Å²) in [6, 6.07) is 0. The van der Waals surface area contributed by atoms with Crippen LogP contribution in [0.5, 0.6) is 0 Å². The SMILES string of the molecule is CCc1c(C)c2c(c(N)c1CC=C(C)CCC(=O)OC)C(=O)OC2. The second-order valence-corrected chi connectivity index (χ2v) is 6.11. The minimum Gasteiger partial charge on any atom is -0.469 e. The number of cyclic esters (lactones) is 1.